The summed E-state index contributed by atoms with van der Waals surface area (Å²) in [6.45, 7) is 5.69. The molecule has 0 radical (unpaired) electrons. The van der Waals surface area contributed by atoms with Gasteiger partial charge in [-0.25, -0.2) is 4.79 Å². The minimum Gasteiger partial charge on any atom is -0.463 e. The maximum absolute atomic E-state index is 14.2. The predicted octanol–water partition coefficient (Wildman–Crippen LogP) is 2.16. The molecule has 7 rings (SSSR count). The molecular formula is C39H58IN5O8. The molecule has 13 nitrogen and oxygen atoms in total. The van der Waals surface area contributed by atoms with Gasteiger partial charge in [-0.05, 0) is 104 Å². The van der Waals surface area contributed by atoms with Crippen LogP contribution in [0.2, 0.25) is 0 Å². The molecule has 6 atom stereocenters. The van der Waals surface area contributed by atoms with Crippen molar-refractivity contribution in [3.05, 3.63) is 33.4 Å². The molecule has 5 heterocycles. The molecular weight excluding hydrogens is 793 g/mol. The second-order valence-electron chi connectivity index (χ2n) is 15.7. The number of aliphatic hydroxyl groups excluding tert-OH is 1. The molecule has 0 aromatic heterocycles. The van der Waals surface area contributed by atoms with Gasteiger partial charge in [-0.15, -0.1) is 0 Å². The van der Waals surface area contributed by atoms with E-state index in [-0.39, 0.29) is 30.9 Å². The summed E-state index contributed by atoms with van der Waals surface area (Å²) in [6.07, 6.45) is 6.83. The smallest absolute Gasteiger partial charge is 0.337 e. The van der Waals surface area contributed by atoms with Crippen LogP contribution in [0.3, 0.4) is 0 Å². The normalized spacial score (nSPS) is 31.8. The van der Waals surface area contributed by atoms with Crippen LogP contribution in [0.1, 0.15) is 76.2 Å². The minimum absolute atomic E-state index is 0.0584. The number of fused-ring (bicyclic) bond motifs is 3. The van der Waals surface area contributed by atoms with Crippen molar-refractivity contribution in [2.75, 3.05) is 59.1 Å². The Balaban J connectivity index is 1.19. The molecule has 1 aromatic rings. The number of benzene rings is 1. The molecule has 0 spiro atoms. The van der Waals surface area contributed by atoms with E-state index in [1.807, 2.05) is 24.3 Å². The number of piperidine rings is 3. The standard InChI is InChI=1S/C39H58IN5O8/c40-29-11-9-27(10-12-29)22-32(41-33-24-44-15-13-28(33)14-16-44)37(48)43-34-25-52-35(46)8-4-7-30(23-45-17-19-51-20-18-45)53-39(50)36(47)31(42-38(34)49)21-26-5-2-1-3-6-26/h9-12,26,28,30-34,36,41,47H,1-8,13-25H2,(H,42,49)(H,43,48)/t30-,31+,32+,33-,34+,36-/m1/s1. The third-order valence-electron chi connectivity index (χ3n) is 11.8. The van der Waals surface area contributed by atoms with Gasteiger partial charge in [0, 0.05) is 42.2 Å². The van der Waals surface area contributed by atoms with Crippen LogP contribution in [0.25, 0.3) is 0 Å². The van der Waals surface area contributed by atoms with Crippen LogP contribution >= 0.6 is 22.6 Å². The number of nitrogens with one attached hydrogen (secondary N) is 3. The van der Waals surface area contributed by atoms with E-state index < -0.39 is 48.2 Å². The lowest BCUT2D eigenvalue weighted by molar-refractivity contribution is -0.163. The van der Waals surface area contributed by atoms with Gasteiger partial charge in [0.2, 0.25) is 11.8 Å². The molecule has 4 N–H and O–H groups in total. The Labute approximate surface area is 327 Å². The third-order valence-corrected chi connectivity index (χ3v) is 12.5. The van der Waals surface area contributed by atoms with Gasteiger partial charge in [0.15, 0.2) is 6.10 Å². The molecule has 0 unspecified atom stereocenters. The summed E-state index contributed by atoms with van der Waals surface area (Å²) < 4.78 is 18.1. The molecule has 1 saturated carbocycles. The van der Waals surface area contributed by atoms with Crippen LogP contribution in [0.5, 0.6) is 0 Å². The van der Waals surface area contributed by atoms with Crippen molar-refractivity contribution >= 4 is 46.3 Å². The van der Waals surface area contributed by atoms with Crippen molar-refractivity contribution in [1.29, 1.82) is 0 Å². The number of morpholine rings is 1. The van der Waals surface area contributed by atoms with Crippen LogP contribution in [0, 0.1) is 15.4 Å². The Bertz CT molecular complexity index is 1370. The van der Waals surface area contributed by atoms with Crippen LogP contribution in [-0.2, 0) is 39.8 Å². The molecule has 53 heavy (non-hydrogen) atoms. The van der Waals surface area contributed by atoms with Crippen molar-refractivity contribution in [2.24, 2.45) is 11.8 Å². The number of ether oxygens (including phenoxy) is 3. The van der Waals surface area contributed by atoms with Crippen molar-refractivity contribution in [3.8, 4) is 0 Å². The number of carbonyl (C=O) groups is 4. The summed E-state index contributed by atoms with van der Waals surface area (Å²) >= 11 is 2.26. The van der Waals surface area contributed by atoms with E-state index >= 15 is 0 Å². The Morgan fingerprint density at radius 3 is 2.40 bits per heavy atom. The quantitative estimate of drug-likeness (QED) is 0.202. The van der Waals surface area contributed by atoms with Crippen molar-refractivity contribution in [1.82, 2.24) is 25.8 Å². The fraction of sp³-hybridized carbons (Fsp3) is 0.744. The van der Waals surface area contributed by atoms with E-state index in [0.717, 1.165) is 73.7 Å². The van der Waals surface area contributed by atoms with Gasteiger partial charge >= 0.3 is 11.9 Å². The van der Waals surface area contributed by atoms with Gasteiger partial charge in [0.25, 0.3) is 0 Å². The second-order valence-corrected chi connectivity index (χ2v) is 16.9. The molecule has 5 saturated heterocycles. The highest BCUT2D eigenvalue weighted by molar-refractivity contribution is 14.1. The van der Waals surface area contributed by atoms with Gasteiger partial charge in [0.1, 0.15) is 18.8 Å². The van der Waals surface area contributed by atoms with Crippen LogP contribution < -0.4 is 16.0 Å². The Kier molecular flexibility index (Phi) is 15.2. The fourth-order valence-corrected chi connectivity index (χ4v) is 9.02. The van der Waals surface area contributed by atoms with Crippen LogP contribution in [0.15, 0.2) is 24.3 Å². The average Bonchev–Trinajstić information content (AvgIpc) is 3.17. The maximum atomic E-state index is 14.2. The van der Waals surface area contributed by atoms with E-state index in [9.17, 15) is 24.3 Å². The molecule has 1 aromatic carbocycles. The monoisotopic (exact) mass is 851 g/mol. The van der Waals surface area contributed by atoms with E-state index in [1.54, 1.807) is 0 Å². The fourth-order valence-electron chi connectivity index (χ4n) is 8.66. The first kappa shape index (κ1) is 40.3. The number of aliphatic hydroxyl groups is 1. The average molecular weight is 852 g/mol. The number of nitrogens with zero attached hydrogens (tertiary/aromatic N) is 2. The van der Waals surface area contributed by atoms with Gasteiger partial charge in [-0.2, -0.15) is 0 Å². The van der Waals surface area contributed by atoms with E-state index in [0.29, 0.717) is 64.4 Å². The van der Waals surface area contributed by atoms with Gasteiger partial charge in [0.05, 0.1) is 25.3 Å². The lowest BCUT2D eigenvalue weighted by Gasteiger charge is -2.46. The topological polar surface area (TPSA) is 159 Å². The molecule has 294 valence electrons. The summed E-state index contributed by atoms with van der Waals surface area (Å²) in [5, 5.41) is 21.0. The highest BCUT2D eigenvalue weighted by Gasteiger charge is 2.39. The summed E-state index contributed by atoms with van der Waals surface area (Å²) in [7, 11) is 0. The van der Waals surface area contributed by atoms with E-state index in [1.165, 1.54) is 0 Å². The number of hydrogen-bond donors (Lipinski definition) is 4. The van der Waals surface area contributed by atoms with Crippen molar-refractivity contribution < 1.29 is 38.5 Å². The predicted molar refractivity (Wildman–Crippen MR) is 206 cm³/mol. The molecule has 5 aliphatic heterocycles. The Morgan fingerprint density at radius 1 is 0.962 bits per heavy atom. The first-order valence-electron chi connectivity index (χ1n) is 19.9. The van der Waals surface area contributed by atoms with Crippen LogP contribution in [-0.4, -0.2) is 134 Å². The van der Waals surface area contributed by atoms with E-state index in [2.05, 4.69) is 48.3 Å². The lowest BCUT2D eigenvalue weighted by atomic mass is 9.83. The zero-order chi connectivity index (χ0) is 37.2. The summed E-state index contributed by atoms with van der Waals surface area (Å²) in [5.41, 5.74) is 0.988. The lowest BCUT2D eigenvalue weighted by Crippen LogP contribution is -2.62. The number of cyclic esters (lactones) is 2. The second kappa shape index (κ2) is 20.0. The van der Waals surface area contributed by atoms with Gasteiger partial charge < -0.3 is 40.2 Å². The number of hydrogen-bond acceptors (Lipinski definition) is 11. The van der Waals surface area contributed by atoms with Gasteiger partial charge in [-0.1, -0.05) is 44.2 Å². The summed E-state index contributed by atoms with van der Waals surface area (Å²) in [6, 6.07) is 5.38. The zero-order valence-electron chi connectivity index (χ0n) is 30.9. The molecule has 1 aliphatic carbocycles. The Hall–Kier alpha value is -2.37. The Morgan fingerprint density at radius 2 is 1.70 bits per heavy atom. The summed E-state index contributed by atoms with van der Waals surface area (Å²) in [4.78, 5) is 59.6. The number of esters is 2. The SMILES string of the molecule is O=C1CCC[C@H](CN2CCOCC2)OC(=O)[C@H](O)[C@H](CC2CCCCC2)NC(=O)[C@@H](NC(=O)[C@H](Cc2ccc(I)cc2)N[C@@H]2CN3CCC2CC3)CO1. The number of amides is 2. The number of halogens is 1. The molecule has 14 heteroatoms. The maximum Gasteiger partial charge on any atom is 0.337 e. The largest absolute Gasteiger partial charge is 0.463 e. The van der Waals surface area contributed by atoms with Gasteiger partial charge in [-0.3, -0.25) is 19.3 Å². The molecule has 6 fully saturated rings. The highest BCUT2D eigenvalue weighted by atomic mass is 127. The summed E-state index contributed by atoms with van der Waals surface area (Å²) in [5.74, 6) is -1.58. The molecule has 6 aliphatic rings. The van der Waals surface area contributed by atoms with Crippen LogP contribution in [0.4, 0.5) is 0 Å². The first-order chi connectivity index (χ1) is 25.7. The first-order valence-corrected chi connectivity index (χ1v) is 21.0. The van der Waals surface area contributed by atoms with E-state index in [4.69, 9.17) is 14.2 Å². The minimum atomic E-state index is -1.60. The number of rotatable bonds is 10. The highest BCUT2D eigenvalue weighted by Crippen LogP contribution is 2.29. The third kappa shape index (κ3) is 12.1. The van der Waals surface area contributed by atoms with Crippen molar-refractivity contribution in [3.63, 3.8) is 0 Å². The zero-order valence-corrected chi connectivity index (χ0v) is 33.0. The van der Waals surface area contributed by atoms with Crippen molar-refractivity contribution in [2.45, 2.75) is 113 Å². The molecule has 2 amide bonds. The molecule has 2 bridgehead atoms. The number of carbonyl (C=O) groups excluding carboxylic acids is 4.